The van der Waals surface area contributed by atoms with Gasteiger partial charge in [0.1, 0.15) is 11.6 Å². The molecule has 5 nitrogen and oxygen atoms in total. The van der Waals surface area contributed by atoms with Crippen molar-refractivity contribution >= 4 is 28.8 Å². The first-order valence-corrected chi connectivity index (χ1v) is 8.02. The number of carbonyl (C=O) groups is 2. The molecule has 0 aliphatic heterocycles. The van der Waals surface area contributed by atoms with Crippen molar-refractivity contribution in [2.75, 3.05) is 10.6 Å². The molecule has 1 amide bonds. The molecule has 7 heteroatoms. The van der Waals surface area contributed by atoms with Gasteiger partial charge in [-0.15, -0.1) is 0 Å². The molecule has 0 bridgehead atoms. The van der Waals surface area contributed by atoms with Gasteiger partial charge in [0.25, 0.3) is 5.91 Å². The molecule has 136 valence electrons. The highest BCUT2D eigenvalue weighted by atomic mass is 19.1. The Morgan fingerprint density at radius 3 is 2.30 bits per heavy atom. The summed E-state index contributed by atoms with van der Waals surface area (Å²) in [7, 11) is 0. The van der Waals surface area contributed by atoms with Crippen LogP contribution in [0.1, 0.15) is 27.6 Å². The van der Waals surface area contributed by atoms with Crippen LogP contribution in [0.4, 0.5) is 25.8 Å². The number of rotatable bonds is 5. The first-order valence-electron chi connectivity index (χ1n) is 8.02. The van der Waals surface area contributed by atoms with E-state index in [9.17, 15) is 18.4 Å². The largest absolute Gasteiger partial charge is 0.354 e. The number of carbonyl (C=O) groups excluding carboxylic acids is 2. The van der Waals surface area contributed by atoms with E-state index in [4.69, 9.17) is 0 Å². The number of nitrogens with one attached hydrogen (secondary N) is 2. The Morgan fingerprint density at radius 1 is 0.889 bits per heavy atom. The molecule has 0 fully saturated rings. The predicted octanol–water partition coefficient (Wildman–Crippen LogP) is 4.56. The van der Waals surface area contributed by atoms with Gasteiger partial charge in [0.15, 0.2) is 5.78 Å². The van der Waals surface area contributed by atoms with Crippen LogP contribution in [0.25, 0.3) is 0 Å². The number of hydrogen-bond donors (Lipinski definition) is 2. The van der Waals surface area contributed by atoms with E-state index < -0.39 is 17.5 Å². The summed E-state index contributed by atoms with van der Waals surface area (Å²) in [6.45, 7) is 1.48. The minimum absolute atomic E-state index is 0.0325. The fraction of sp³-hybridized carbons (Fsp3) is 0.0500. The maximum absolute atomic E-state index is 13.7. The van der Waals surface area contributed by atoms with Crippen LogP contribution in [0.15, 0.2) is 60.9 Å². The third-order valence-corrected chi connectivity index (χ3v) is 3.76. The van der Waals surface area contributed by atoms with E-state index in [1.54, 1.807) is 30.3 Å². The SMILES string of the molecule is CC(=O)c1ccc(Nc2cncc(C(=O)Nc3ccc(F)cc3F)c2)cc1. The van der Waals surface area contributed by atoms with Crippen molar-refractivity contribution in [3.05, 3.63) is 83.7 Å². The number of ketones is 1. The zero-order valence-electron chi connectivity index (χ0n) is 14.3. The molecule has 1 heterocycles. The van der Waals surface area contributed by atoms with Crippen molar-refractivity contribution in [2.45, 2.75) is 6.92 Å². The molecule has 2 N–H and O–H groups in total. The molecule has 0 aliphatic carbocycles. The fourth-order valence-electron chi connectivity index (χ4n) is 2.37. The zero-order valence-corrected chi connectivity index (χ0v) is 14.3. The summed E-state index contributed by atoms with van der Waals surface area (Å²) in [5.74, 6) is -2.20. The molecule has 0 atom stereocenters. The van der Waals surface area contributed by atoms with Gasteiger partial charge in [-0.3, -0.25) is 14.6 Å². The molecule has 27 heavy (non-hydrogen) atoms. The number of nitrogens with zero attached hydrogens (tertiary/aromatic N) is 1. The van der Waals surface area contributed by atoms with Crippen LogP contribution in [0.3, 0.4) is 0 Å². The molecule has 0 saturated heterocycles. The van der Waals surface area contributed by atoms with E-state index >= 15 is 0 Å². The van der Waals surface area contributed by atoms with Crippen molar-refractivity contribution < 1.29 is 18.4 Å². The van der Waals surface area contributed by atoms with Crippen LogP contribution < -0.4 is 10.6 Å². The number of benzene rings is 2. The molecule has 2 aromatic carbocycles. The number of Topliss-reactive ketones (excluding diaryl/α,β-unsaturated/α-hetero) is 1. The van der Waals surface area contributed by atoms with Crippen molar-refractivity contribution in [1.82, 2.24) is 4.98 Å². The second-order valence-corrected chi connectivity index (χ2v) is 5.80. The molecule has 1 aromatic heterocycles. The normalized spacial score (nSPS) is 10.3. The third kappa shape index (κ3) is 4.52. The highest BCUT2D eigenvalue weighted by Crippen LogP contribution is 2.19. The number of pyridine rings is 1. The molecule has 0 unspecified atom stereocenters. The van der Waals surface area contributed by atoms with Crippen LogP contribution >= 0.6 is 0 Å². The number of halogens is 2. The fourth-order valence-corrected chi connectivity index (χ4v) is 2.37. The topological polar surface area (TPSA) is 71.1 Å². The van der Waals surface area contributed by atoms with Gasteiger partial charge in [-0.05, 0) is 49.4 Å². The van der Waals surface area contributed by atoms with E-state index in [0.29, 0.717) is 23.0 Å². The Kier molecular flexibility index (Phi) is 5.21. The number of hydrogen-bond acceptors (Lipinski definition) is 4. The molecule has 3 aromatic rings. The van der Waals surface area contributed by atoms with E-state index in [1.165, 1.54) is 19.3 Å². The van der Waals surface area contributed by atoms with Gasteiger partial charge in [0.05, 0.1) is 23.1 Å². The summed E-state index contributed by atoms with van der Waals surface area (Å²) in [5.41, 5.74) is 1.92. The van der Waals surface area contributed by atoms with Crippen LogP contribution in [0.5, 0.6) is 0 Å². The summed E-state index contributed by atoms with van der Waals surface area (Å²) in [6, 6.07) is 11.3. The smallest absolute Gasteiger partial charge is 0.257 e. The predicted molar refractivity (Wildman–Crippen MR) is 98.3 cm³/mol. The van der Waals surface area contributed by atoms with Crippen LogP contribution in [-0.4, -0.2) is 16.7 Å². The quantitative estimate of drug-likeness (QED) is 0.649. The summed E-state index contributed by atoms with van der Waals surface area (Å²) in [4.78, 5) is 27.6. The Balaban J connectivity index is 1.74. The summed E-state index contributed by atoms with van der Waals surface area (Å²) in [6.07, 6.45) is 2.86. The third-order valence-electron chi connectivity index (χ3n) is 3.76. The lowest BCUT2D eigenvalue weighted by molar-refractivity contribution is 0.101. The maximum atomic E-state index is 13.7. The zero-order chi connectivity index (χ0) is 19.4. The Hall–Kier alpha value is -3.61. The molecule has 0 spiro atoms. The minimum Gasteiger partial charge on any atom is -0.354 e. The van der Waals surface area contributed by atoms with Crippen LogP contribution in [-0.2, 0) is 0 Å². The Labute approximate surface area is 154 Å². The number of anilines is 3. The average Bonchev–Trinajstić information content (AvgIpc) is 2.64. The highest BCUT2D eigenvalue weighted by Gasteiger charge is 2.11. The van der Waals surface area contributed by atoms with Crippen LogP contribution in [0.2, 0.25) is 0 Å². The molecule has 0 aliphatic rings. The van der Waals surface area contributed by atoms with Crippen molar-refractivity contribution in [1.29, 1.82) is 0 Å². The lowest BCUT2D eigenvalue weighted by atomic mass is 10.1. The molecule has 3 rings (SSSR count). The van der Waals surface area contributed by atoms with E-state index in [0.717, 1.165) is 12.1 Å². The molecule has 0 radical (unpaired) electrons. The van der Waals surface area contributed by atoms with Gasteiger partial charge < -0.3 is 10.6 Å². The Bertz CT molecular complexity index is 1000. The monoisotopic (exact) mass is 367 g/mol. The van der Waals surface area contributed by atoms with Crippen molar-refractivity contribution in [2.24, 2.45) is 0 Å². The second-order valence-electron chi connectivity index (χ2n) is 5.80. The van der Waals surface area contributed by atoms with Crippen molar-refractivity contribution in [3.63, 3.8) is 0 Å². The summed E-state index contributed by atoms with van der Waals surface area (Å²) >= 11 is 0. The maximum Gasteiger partial charge on any atom is 0.257 e. The standard InChI is InChI=1S/C20H15F2N3O2/c1-12(26)13-2-5-16(6-3-13)24-17-8-14(10-23-11-17)20(27)25-19-7-4-15(21)9-18(19)22/h2-11,24H,1H3,(H,25,27). The summed E-state index contributed by atoms with van der Waals surface area (Å²) in [5, 5.41) is 5.45. The second kappa shape index (κ2) is 7.74. The number of aromatic nitrogens is 1. The van der Waals surface area contributed by atoms with Gasteiger partial charge in [-0.1, -0.05) is 0 Å². The lowest BCUT2D eigenvalue weighted by Crippen LogP contribution is -2.13. The van der Waals surface area contributed by atoms with Gasteiger partial charge in [0.2, 0.25) is 0 Å². The van der Waals surface area contributed by atoms with Crippen molar-refractivity contribution in [3.8, 4) is 0 Å². The minimum atomic E-state index is -0.865. The average molecular weight is 367 g/mol. The molecular weight excluding hydrogens is 352 g/mol. The number of amides is 1. The van der Waals surface area contributed by atoms with E-state index in [1.807, 2.05) is 0 Å². The van der Waals surface area contributed by atoms with Gasteiger partial charge in [0, 0.05) is 23.5 Å². The highest BCUT2D eigenvalue weighted by molar-refractivity contribution is 6.04. The van der Waals surface area contributed by atoms with Gasteiger partial charge in [-0.25, -0.2) is 8.78 Å². The lowest BCUT2D eigenvalue weighted by Gasteiger charge is -2.09. The van der Waals surface area contributed by atoms with Gasteiger partial charge >= 0.3 is 0 Å². The Morgan fingerprint density at radius 2 is 1.63 bits per heavy atom. The molecule has 0 saturated carbocycles. The van der Waals surface area contributed by atoms with Gasteiger partial charge in [-0.2, -0.15) is 0 Å². The first-order chi connectivity index (χ1) is 12.9. The summed E-state index contributed by atoms with van der Waals surface area (Å²) < 4.78 is 26.6. The van der Waals surface area contributed by atoms with E-state index in [2.05, 4.69) is 15.6 Å². The van der Waals surface area contributed by atoms with E-state index in [-0.39, 0.29) is 17.0 Å². The molecular formula is C20H15F2N3O2. The first kappa shape index (κ1) is 18.2. The van der Waals surface area contributed by atoms with Crippen LogP contribution in [0, 0.1) is 11.6 Å².